The monoisotopic (exact) mass is 293 g/mol. The van der Waals surface area contributed by atoms with Gasteiger partial charge in [-0.15, -0.1) is 6.58 Å². The fraction of sp³-hybridized carbons (Fsp3) is 0.333. The van der Waals surface area contributed by atoms with Gasteiger partial charge < -0.3 is 19.5 Å². The van der Waals surface area contributed by atoms with Gasteiger partial charge in [0.2, 0.25) is 5.91 Å². The largest absolute Gasteiger partial charge is 0.497 e. The lowest BCUT2D eigenvalue weighted by Gasteiger charge is -2.19. The maximum absolute atomic E-state index is 12.2. The van der Waals surface area contributed by atoms with E-state index in [0.29, 0.717) is 17.1 Å². The van der Waals surface area contributed by atoms with Gasteiger partial charge in [0.25, 0.3) is 0 Å². The molecule has 6 nitrogen and oxygen atoms in total. The second-order valence-corrected chi connectivity index (χ2v) is 4.31. The summed E-state index contributed by atoms with van der Waals surface area (Å²) in [4.78, 5) is 24.2. The van der Waals surface area contributed by atoms with Crippen LogP contribution in [-0.4, -0.2) is 49.2 Å². The number of rotatable bonds is 8. The van der Waals surface area contributed by atoms with Crippen LogP contribution in [-0.2, 0) is 16.0 Å². The van der Waals surface area contributed by atoms with Crippen molar-refractivity contribution in [3.05, 3.63) is 36.4 Å². The summed E-state index contributed by atoms with van der Waals surface area (Å²) in [6, 6.07) is 5.13. The van der Waals surface area contributed by atoms with Crippen molar-refractivity contribution in [3.63, 3.8) is 0 Å². The van der Waals surface area contributed by atoms with Gasteiger partial charge in [-0.2, -0.15) is 0 Å². The Hall–Kier alpha value is -2.50. The number of benzene rings is 1. The van der Waals surface area contributed by atoms with E-state index in [9.17, 15) is 9.59 Å². The Balaban J connectivity index is 2.89. The zero-order valence-electron chi connectivity index (χ0n) is 12.2. The van der Waals surface area contributed by atoms with Gasteiger partial charge >= 0.3 is 5.97 Å². The first-order valence-corrected chi connectivity index (χ1v) is 6.33. The average molecular weight is 293 g/mol. The molecule has 0 aliphatic heterocycles. The summed E-state index contributed by atoms with van der Waals surface area (Å²) in [5.41, 5.74) is 0.669. The van der Waals surface area contributed by atoms with Gasteiger partial charge in [0, 0.05) is 18.2 Å². The number of amides is 1. The summed E-state index contributed by atoms with van der Waals surface area (Å²) in [5.74, 6) is -0.222. The first-order chi connectivity index (χ1) is 10.0. The lowest BCUT2D eigenvalue weighted by Crippen LogP contribution is -2.36. The van der Waals surface area contributed by atoms with Crippen LogP contribution in [0.3, 0.4) is 0 Å². The SMILES string of the molecule is C=CCN(CC(=O)O)C(=O)Cc1ccc(OC)cc1OC. The van der Waals surface area contributed by atoms with Gasteiger partial charge in [-0.3, -0.25) is 9.59 Å². The Morgan fingerprint density at radius 3 is 2.57 bits per heavy atom. The Morgan fingerprint density at radius 2 is 2.05 bits per heavy atom. The van der Waals surface area contributed by atoms with Gasteiger partial charge in [-0.25, -0.2) is 0 Å². The molecule has 0 aliphatic carbocycles. The van der Waals surface area contributed by atoms with E-state index in [2.05, 4.69) is 6.58 Å². The van der Waals surface area contributed by atoms with Crippen molar-refractivity contribution in [2.24, 2.45) is 0 Å². The number of ether oxygens (including phenoxy) is 2. The highest BCUT2D eigenvalue weighted by molar-refractivity contribution is 5.83. The van der Waals surface area contributed by atoms with Gasteiger partial charge in [0.1, 0.15) is 18.0 Å². The van der Waals surface area contributed by atoms with Crippen molar-refractivity contribution < 1.29 is 24.2 Å². The highest BCUT2D eigenvalue weighted by atomic mass is 16.5. The summed E-state index contributed by atoms with van der Waals surface area (Å²) in [7, 11) is 3.04. The lowest BCUT2D eigenvalue weighted by molar-refractivity contribution is -0.143. The smallest absolute Gasteiger partial charge is 0.323 e. The third-order valence-corrected chi connectivity index (χ3v) is 2.86. The first-order valence-electron chi connectivity index (χ1n) is 6.33. The fourth-order valence-electron chi connectivity index (χ4n) is 1.85. The van der Waals surface area contributed by atoms with E-state index >= 15 is 0 Å². The number of aliphatic carboxylic acids is 1. The molecule has 1 rings (SSSR count). The molecule has 0 unspecified atom stereocenters. The quantitative estimate of drug-likeness (QED) is 0.732. The van der Waals surface area contributed by atoms with Crippen molar-refractivity contribution in [1.82, 2.24) is 4.90 Å². The molecule has 0 radical (unpaired) electrons. The maximum Gasteiger partial charge on any atom is 0.323 e. The molecule has 1 amide bonds. The molecule has 0 aromatic heterocycles. The Kier molecular flexibility index (Phi) is 6.26. The normalized spacial score (nSPS) is 9.81. The van der Waals surface area contributed by atoms with Gasteiger partial charge in [-0.05, 0) is 6.07 Å². The van der Waals surface area contributed by atoms with E-state index in [1.165, 1.54) is 25.2 Å². The average Bonchev–Trinajstić information content (AvgIpc) is 2.46. The van der Waals surface area contributed by atoms with E-state index in [1.54, 1.807) is 18.2 Å². The fourth-order valence-corrected chi connectivity index (χ4v) is 1.85. The third kappa shape index (κ3) is 4.83. The number of methoxy groups -OCH3 is 2. The standard InChI is InChI=1S/C15H19NO5/c1-4-7-16(10-15(18)19)14(17)8-11-5-6-12(20-2)9-13(11)21-3/h4-6,9H,1,7-8,10H2,2-3H3,(H,18,19). The zero-order valence-corrected chi connectivity index (χ0v) is 12.2. The second-order valence-electron chi connectivity index (χ2n) is 4.31. The van der Waals surface area contributed by atoms with Crippen LogP contribution < -0.4 is 9.47 Å². The summed E-state index contributed by atoms with van der Waals surface area (Å²) in [6.45, 7) is 3.35. The van der Waals surface area contributed by atoms with Crippen LogP contribution in [0.15, 0.2) is 30.9 Å². The van der Waals surface area contributed by atoms with Crippen LogP contribution in [0, 0.1) is 0 Å². The van der Waals surface area contributed by atoms with Crippen LogP contribution in [0.1, 0.15) is 5.56 Å². The number of carbonyl (C=O) groups is 2. The van der Waals surface area contributed by atoms with Crippen LogP contribution in [0.4, 0.5) is 0 Å². The second kappa shape index (κ2) is 7.94. The molecular formula is C15H19NO5. The number of hydrogen-bond donors (Lipinski definition) is 1. The van der Waals surface area contributed by atoms with Crippen LogP contribution >= 0.6 is 0 Å². The topological polar surface area (TPSA) is 76.1 Å². The lowest BCUT2D eigenvalue weighted by atomic mass is 10.1. The van der Waals surface area contributed by atoms with Crippen LogP contribution in [0.5, 0.6) is 11.5 Å². The number of carboxylic acids is 1. The molecule has 0 atom stereocenters. The van der Waals surface area contributed by atoms with Gasteiger partial charge in [0.15, 0.2) is 0 Å². The van der Waals surface area contributed by atoms with E-state index < -0.39 is 5.97 Å². The predicted molar refractivity (Wildman–Crippen MR) is 77.7 cm³/mol. The van der Waals surface area contributed by atoms with E-state index in [4.69, 9.17) is 14.6 Å². The van der Waals surface area contributed by atoms with Crippen molar-refractivity contribution in [3.8, 4) is 11.5 Å². The molecule has 6 heteroatoms. The summed E-state index contributed by atoms with van der Waals surface area (Å²) in [5, 5.41) is 8.83. The Morgan fingerprint density at radius 1 is 1.33 bits per heavy atom. The summed E-state index contributed by atoms with van der Waals surface area (Å²) < 4.78 is 10.3. The van der Waals surface area contributed by atoms with Crippen LogP contribution in [0.2, 0.25) is 0 Å². The van der Waals surface area contributed by atoms with Crippen molar-refractivity contribution >= 4 is 11.9 Å². The number of hydrogen-bond acceptors (Lipinski definition) is 4. The van der Waals surface area contributed by atoms with Gasteiger partial charge in [0.05, 0.1) is 20.6 Å². The molecule has 1 aromatic rings. The molecular weight excluding hydrogens is 274 g/mol. The van der Waals surface area contributed by atoms with Crippen molar-refractivity contribution in [2.75, 3.05) is 27.3 Å². The molecule has 114 valence electrons. The molecule has 0 bridgehead atoms. The minimum absolute atomic E-state index is 0.0499. The molecule has 0 heterocycles. The number of carboxylic acid groups (broad SMARTS) is 1. The highest BCUT2D eigenvalue weighted by Gasteiger charge is 2.18. The summed E-state index contributed by atoms with van der Waals surface area (Å²) in [6.07, 6.45) is 1.54. The van der Waals surface area contributed by atoms with Crippen LogP contribution in [0.25, 0.3) is 0 Å². The molecule has 0 aliphatic rings. The third-order valence-electron chi connectivity index (χ3n) is 2.86. The zero-order chi connectivity index (χ0) is 15.8. The van der Waals surface area contributed by atoms with E-state index in [-0.39, 0.29) is 25.4 Å². The predicted octanol–water partition coefficient (Wildman–Crippen LogP) is 1.35. The maximum atomic E-state index is 12.2. The van der Waals surface area contributed by atoms with Gasteiger partial charge in [-0.1, -0.05) is 12.1 Å². The van der Waals surface area contributed by atoms with E-state index in [0.717, 1.165) is 0 Å². The number of carbonyl (C=O) groups excluding carboxylic acids is 1. The molecule has 21 heavy (non-hydrogen) atoms. The highest BCUT2D eigenvalue weighted by Crippen LogP contribution is 2.25. The minimum Gasteiger partial charge on any atom is -0.497 e. The minimum atomic E-state index is -1.06. The Bertz CT molecular complexity index is 527. The molecule has 1 N–H and O–H groups in total. The van der Waals surface area contributed by atoms with Crippen molar-refractivity contribution in [2.45, 2.75) is 6.42 Å². The molecule has 0 spiro atoms. The number of nitrogens with zero attached hydrogens (tertiary/aromatic N) is 1. The molecule has 0 saturated heterocycles. The molecule has 1 aromatic carbocycles. The summed E-state index contributed by atoms with van der Waals surface area (Å²) >= 11 is 0. The first kappa shape index (κ1) is 16.6. The van der Waals surface area contributed by atoms with Crippen molar-refractivity contribution in [1.29, 1.82) is 0 Å². The van der Waals surface area contributed by atoms with E-state index in [1.807, 2.05) is 0 Å². The molecule has 0 saturated carbocycles. The molecule has 0 fully saturated rings. The Labute approximate surface area is 123 Å².